The molecule has 2 aromatic heterocycles. The van der Waals surface area contributed by atoms with Crippen LogP contribution in [0.25, 0.3) is 10.6 Å². The maximum absolute atomic E-state index is 12.1. The Labute approximate surface area is 150 Å². The summed E-state index contributed by atoms with van der Waals surface area (Å²) in [4.78, 5) is 29.6. The number of hydrogen-bond acceptors (Lipinski definition) is 4. The van der Waals surface area contributed by atoms with Crippen molar-refractivity contribution in [2.75, 3.05) is 0 Å². The normalized spacial score (nSPS) is 10.4. The lowest BCUT2D eigenvalue weighted by molar-refractivity contribution is -0.121. The van der Waals surface area contributed by atoms with Crippen LogP contribution in [0.3, 0.4) is 0 Å². The van der Waals surface area contributed by atoms with Crippen molar-refractivity contribution in [2.24, 2.45) is 0 Å². The molecule has 2 heterocycles. The highest BCUT2D eigenvalue weighted by Gasteiger charge is 2.11. The molecule has 0 saturated heterocycles. The number of aromatic nitrogens is 1. The van der Waals surface area contributed by atoms with E-state index in [9.17, 15) is 9.59 Å². The number of benzene rings is 1. The first-order chi connectivity index (χ1) is 12.2. The van der Waals surface area contributed by atoms with Gasteiger partial charge in [-0.25, -0.2) is 0 Å². The first kappa shape index (κ1) is 17.0. The molecule has 0 bridgehead atoms. The maximum Gasteiger partial charge on any atom is 0.220 e. The second kappa shape index (κ2) is 8.35. The first-order valence-electron chi connectivity index (χ1n) is 8.07. The average molecular weight is 350 g/mol. The monoisotopic (exact) mass is 350 g/mol. The fraction of sp³-hybridized carbons (Fsp3) is 0.150. The number of carbonyl (C=O) groups excluding carboxylic acids is 2. The van der Waals surface area contributed by atoms with E-state index in [1.165, 1.54) is 0 Å². The van der Waals surface area contributed by atoms with Gasteiger partial charge in [-0.3, -0.25) is 14.6 Å². The van der Waals surface area contributed by atoms with E-state index in [-0.39, 0.29) is 24.5 Å². The molecule has 0 fully saturated rings. The van der Waals surface area contributed by atoms with Gasteiger partial charge in [0.15, 0.2) is 5.78 Å². The van der Waals surface area contributed by atoms with Crippen LogP contribution in [-0.4, -0.2) is 16.7 Å². The molecule has 3 rings (SSSR count). The van der Waals surface area contributed by atoms with Crippen LogP contribution in [0.4, 0.5) is 0 Å². The summed E-state index contributed by atoms with van der Waals surface area (Å²) in [7, 11) is 0. The van der Waals surface area contributed by atoms with Gasteiger partial charge >= 0.3 is 0 Å². The van der Waals surface area contributed by atoms with E-state index >= 15 is 0 Å². The van der Waals surface area contributed by atoms with Crippen LogP contribution in [0.2, 0.25) is 0 Å². The van der Waals surface area contributed by atoms with Crippen molar-refractivity contribution in [1.29, 1.82) is 0 Å². The fourth-order valence-corrected chi connectivity index (χ4v) is 3.25. The zero-order chi connectivity index (χ0) is 17.5. The van der Waals surface area contributed by atoms with E-state index < -0.39 is 0 Å². The minimum Gasteiger partial charge on any atom is -0.352 e. The summed E-state index contributed by atoms with van der Waals surface area (Å²) in [5.41, 5.74) is 2.49. The summed E-state index contributed by atoms with van der Waals surface area (Å²) in [5.74, 6) is -0.151. The Morgan fingerprint density at radius 1 is 0.960 bits per heavy atom. The molecule has 5 heteroatoms. The average Bonchev–Trinajstić information content (AvgIpc) is 3.20. The number of carbonyl (C=O) groups is 2. The van der Waals surface area contributed by atoms with Crippen molar-refractivity contribution in [3.63, 3.8) is 0 Å². The van der Waals surface area contributed by atoms with E-state index in [1.807, 2.05) is 47.8 Å². The Balaban J connectivity index is 1.54. The standard InChI is InChI=1S/C20H18N2O2S/c23-17(15-6-2-1-3-7-15)10-11-19(24)22-14-16-8-4-12-21-20(16)18-9-5-13-25-18/h1-9,12-13H,10-11,14H2,(H,22,24). The molecule has 0 aliphatic rings. The van der Waals surface area contributed by atoms with Gasteiger partial charge in [0.1, 0.15) is 0 Å². The third kappa shape index (κ3) is 4.61. The molecule has 3 aromatic rings. The van der Waals surface area contributed by atoms with E-state index in [2.05, 4.69) is 10.3 Å². The molecule has 0 saturated carbocycles. The van der Waals surface area contributed by atoms with E-state index in [4.69, 9.17) is 0 Å². The van der Waals surface area contributed by atoms with Crippen molar-refractivity contribution < 1.29 is 9.59 Å². The summed E-state index contributed by atoms with van der Waals surface area (Å²) in [6, 6.07) is 16.8. The summed E-state index contributed by atoms with van der Waals surface area (Å²) >= 11 is 1.62. The van der Waals surface area contributed by atoms with Gasteiger partial charge in [-0.2, -0.15) is 0 Å². The van der Waals surface area contributed by atoms with Crippen molar-refractivity contribution in [2.45, 2.75) is 19.4 Å². The molecule has 0 atom stereocenters. The summed E-state index contributed by atoms with van der Waals surface area (Å²) in [5, 5.41) is 4.88. The molecular formula is C20H18N2O2S. The zero-order valence-corrected chi connectivity index (χ0v) is 14.5. The Kier molecular flexibility index (Phi) is 5.69. The van der Waals surface area contributed by atoms with E-state index in [0.29, 0.717) is 12.1 Å². The number of pyridine rings is 1. The third-order valence-corrected chi connectivity index (χ3v) is 4.67. The van der Waals surface area contributed by atoms with Crippen LogP contribution in [0.5, 0.6) is 0 Å². The number of hydrogen-bond donors (Lipinski definition) is 1. The molecular weight excluding hydrogens is 332 g/mol. The molecule has 126 valence electrons. The highest BCUT2D eigenvalue weighted by Crippen LogP contribution is 2.25. The lowest BCUT2D eigenvalue weighted by Gasteiger charge is -2.08. The van der Waals surface area contributed by atoms with Crippen molar-refractivity contribution >= 4 is 23.0 Å². The SMILES string of the molecule is O=C(CCC(=O)c1ccccc1)NCc1cccnc1-c1cccs1. The molecule has 1 N–H and O–H groups in total. The second-order valence-corrected chi connectivity index (χ2v) is 6.50. The number of nitrogens with zero attached hydrogens (tertiary/aromatic N) is 1. The van der Waals surface area contributed by atoms with Crippen LogP contribution < -0.4 is 5.32 Å². The smallest absolute Gasteiger partial charge is 0.220 e. The van der Waals surface area contributed by atoms with Gasteiger partial charge in [0, 0.05) is 31.1 Å². The van der Waals surface area contributed by atoms with Crippen LogP contribution in [0, 0.1) is 0 Å². The molecule has 1 amide bonds. The van der Waals surface area contributed by atoms with Crippen LogP contribution in [0.15, 0.2) is 66.2 Å². The number of nitrogens with one attached hydrogen (secondary N) is 1. The van der Waals surface area contributed by atoms with Gasteiger partial charge in [-0.05, 0) is 23.1 Å². The van der Waals surface area contributed by atoms with Gasteiger partial charge in [0.05, 0.1) is 10.6 Å². The predicted octanol–water partition coefficient (Wildman–Crippen LogP) is 4.09. The highest BCUT2D eigenvalue weighted by molar-refractivity contribution is 7.13. The number of thiophene rings is 1. The molecule has 0 radical (unpaired) electrons. The zero-order valence-electron chi connectivity index (χ0n) is 13.6. The Hall–Kier alpha value is -2.79. The lowest BCUT2D eigenvalue weighted by atomic mass is 10.1. The maximum atomic E-state index is 12.1. The molecule has 0 unspecified atom stereocenters. The fourth-order valence-electron chi connectivity index (χ4n) is 2.49. The van der Waals surface area contributed by atoms with Crippen LogP contribution in [0.1, 0.15) is 28.8 Å². The number of ketones is 1. The predicted molar refractivity (Wildman–Crippen MR) is 99.4 cm³/mol. The molecule has 0 aliphatic heterocycles. The van der Waals surface area contributed by atoms with Crippen LogP contribution >= 0.6 is 11.3 Å². The van der Waals surface area contributed by atoms with Gasteiger partial charge in [0.25, 0.3) is 0 Å². The van der Waals surface area contributed by atoms with Crippen molar-refractivity contribution in [3.8, 4) is 10.6 Å². The Morgan fingerprint density at radius 3 is 2.56 bits per heavy atom. The Bertz CT molecular complexity index is 845. The van der Waals surface area contributed by atoms with E-state index in [1.54, 1.807) is 29.7 Å². The van der Waals surface area contributed by atoms with Gasteiger partial charge in [-0.15, -0.1) is 11.3 Å². The first-order valence-corrected chi connectivity index (χ1v) is 8.95. The topological polar surface area (TPSA) is 59.1 Å². The second-order valence-electron chi connectivity index (χ2n) is 5.55. The largest absolute Gasteiger partial charge is 0.352 e. The summed E-state index contributed by atoms with van der Waals surface area (Å²) in [6.45, 7) is 0.402. The Morgan fingerprint density at radius 2 is 1.80 bits per heavy atom. The van der Waals surface area contributed by atoms with Gasteiger partial charge in [-0.1, -0.05) is 42.5 Å². The van der Waals surface area contributed by atoms with Gasteiger partial charge in [0.2, 0.25) is 5.91 Å². The molecule has 4 nitrogen and oxygen atoms in total. The van der Waals surface area contributed by atoms with Crippen molar-refractivity contribution in [3.05, 3.63) is 77.3 Å². The molecule has 25 heavy (non-hydrogen) atoms. The number of Topliss-reactive ketones (excluding diaryl/α,β-unsaturated/α-hetero) is 1. The number of rotatable bonds is 7. The summed E-state index contributed by atoms with van der Waals surface area (Å²) < 4.78 is 0. The minimum absolute atomic E-state index is 0.0172. The number of amides is 1. The lowest BCUT2D eigenvalue weighted by Crippen LogP contribution is -2.23. The minimum atomic E-state index is -0.134. The molecule has 1 aromatic carbocycles. The molecule has 0 spiro atoms. The highest BCUT2D eigenvalue weighted by atomic mass is 32.1. The van der Waals surface area contributed by atoms with Crippen LogP contribution in [-0.2, 0) is 11.3 Å². The van der Waals surface area contributed by atoms with Crippen molar-refractivity contribution in [1.82, 2.24) is 10.3 Å². The van der Waals surface area contributed by atoms with E-state index in [0.717, 1.165) is 16.1 Å². The molecule has 0 aliphatic carbocycles. The summed E-state index contributed by atoms with van der Waals surface area (Å²) in [6.07, 6.45) is 2.14. The van der Waals surface area contributed by atoms with Gasteiger partial charge < -0.3 is 5.32 Å². The third-order valence-electron chi connectivity index (χ3n) is 3.80. The quantitative estimate of drug-likeness (QED) is 0.653.